The lowest BCUT2D eigenvalue weighted by Crippen LogP contribution is -2.41. The second-order valence-corrected chi connectivity index (χ2v) is 6.75. The number of para-hydroxylation sites is 1. The molecule has 0 fully saturated rings. The second-order valence-electron chi connectivity index (χ2n) is 6.75. The first kappa shape index (κ1) is 19.6. The van der Waals surface area contributed by atoms with Crippen molar-refractivity contribution in [3.05, 3.63) is 71.4 Å². The summed E-state index contributed by atoms with van der Waals surface area (Å²) in [6.07, 6.45) is 2.75. The summed E-state index contributed by atoms with van der Waals surface area (Å²) in [4.78, 5) is 24.4. The highest BCUT2D eigenvalue weighted by atomic mass is 16.4. The number of rotatable bonds is 4. The molecule has 0 radical (unpaired) electrons. The van der Waals surface area contributed by atoms with E-state index in [0.29, 0.717) is 19.4 Å². The van der Waals surface area contributed by atoms with Gasteiger partial charge in [-0.3, -0.25) is 9.59 Å². The summed E-state index contributed by atoms with van der Waals surface area (Å²) in [5.74, 6) is -1.74. The summed E-state index contributed by atoms with van der Waals surface area (Å²) in [6, 6.07) is 14.4. The molecule has 1 aliphatic rings. The number of hydrogen-bond donors (Lipinski definition) is 5. The lowest BCUT2D eigenvalue weighted by molar-refractivity contribution is -0.140. The molecule has 2 heterocycles. The summed E-state index contributed by atoms with van der Waals surface area (Å²) in [5.41, 5.74) is 9.79. The molecule has 7 nitrogen and oxygen atoms in total. The lowest BCUT2D eigenvalue weighted by atomic mass is 9.96. The SMILES string of the molecule is NC(Cc1c[nH]c2ccccc12)C(=O)O.O=C(O)C1Cc2ccccc2CN1. The van der Waals surface area contributed by atoms with E-state index < -0.39 is 24.0 Å². The van der Waals surface area contributed by atoms with Crippen LogP contribution in [-0.2, 0) is 29.0 Å². The first-order valence-electron chi connectivity index (χ1n) is 9.02. The van der Waals surface area contributed by atoms with E-state index in [0.717, 1.165) is 22.0 Å². The Morgan fingerprint density at radius 3 is 2.46 bits per heavy atom. The molecular formula is C21H23N3O4. The number of carboxylic acids is 2. The van der Waals surface area contributed by atoms with Gasteiger partial charge in [-0.2, -0.15) is 0 Å². The van der Waals surface area contributed by atoms with Gasteiger partial charge >= 0.3 is 11.9 Å². The maximum Gasteiger partial charge on any atom is 0.321 e. The summed E-state index contributed by atoms with van der Waals surface area (Å²) in [6.45, 7) is 0.660. The van der Waals surface area contributed by atoms with Crippen LogP contribution in [0.3, 0.4) is 0 Å². The van der Waals surface area contributed by atoms with Crippen LogP contribution < -0.4 is 11.1 Å². The number of fused-ring (bicyclic) bond motifs is 2. The molecule has 7 heteroatoms. The average Bonchev–Trinajstić information content (AvgIpc) is 3.11. The predicted octanol–water partition coefficient (Wildman–Crippen LogP) is 1.91. The van der Waals surface area contributed by atoms with Crippen molar-refractivity contribution in [2.24, 2.45) is 5.73 Å². The van der Waals surface area contributed by atoms with Crippen molar-refractivity contribution in [1.29, 1.82) is 0 Å². The first-order valence-corrected chi connectivity index (χ1v) is 9.02. The van der Waals surface area contributed by atoms with Gasteiger partial charge in [-0.15, -0.1) is 0 Å². The van der Waals surface area contributed by atoms with Crippen LogP contribution in [0.5, 0.6) is 0 Å². The first-order chi connectivity index (χ1) is 13.5. The number of aromatic amines is 1. The van der Waals surface area contributed by atoms with Crippen molar-refractivity contribution in [3.63, 3.8) is 0 Å². The van der Waals surface area contributed by atoms with Gasteiger partial charge in [0.25, 0.3) is 0 Å². The standard InChI is InChI=1S/C11H12N2O2.C10H11NO2/c12-9(11(14)15)5-7-6-13-10-4-2-1-3-8(7)10;12-10(13)9-5-7-3-1-2-4-8(7)6-11-9/h1-4,6,9,13H,5,12H2,(H,14,15);1-4,9,11H,5-6H2,(H,12,13). The van der Waals surface area contributed by atoms with Gasteiger partial charge in [-0.1, -0.05) is 42.5 Å². The maximum absolute atomic E-state index is 10.7. The molecular weight excluding hydrogens is 358 g/mol. The van der Waals surface area contributed by atoms with Crippen molar-refractivity contribution >= 4 is 22.8 Å². The molecule has 1 aliphatic heterocycles. The lowest BCUT2D eigenvalue weighted by Gasteiger charge is -2.22. The minimum absolute atomic E-state index is 0.347. The largest absolute Gasteiger partial charge is 0.480 e. The van der Waals surface area contributed by atoms with E-state index in [1.807, 2.05) is 54.7 Å². The van der Waals surface area contributed by atoms with Crippen molar-refractivity contribution in [2.75, 3.05) is 0 Å². The second kappa shape index (κ2) is 8.69. The number of H-pyrrole nitrogens is 1. The van der Waals surface area contributed by atoms with Gasteiger partial charge in [0.1, 0.15) is 12.1 Å². The molecule has 4 rings (SSSR count). The van der Waals surface area contributed by atoms with E-state index in [1.54, 1.807) is 0 Å². The number of nitrogens with one attached hydrogen (secondary N) is 2. The molecule has 1 aromatic heterocycles. The van der Waals surface area contributed by atoms with Crippen molar-refractivity contribution in [3.8, 4) is 0 Å². The molecule has 146 valence electrons. The molecule has 0 aliphatic carbocycles. The number of hydrogen-bond acceptors (Lipinski definition) is 4. The minimum atomic E-state index is -0.972. The van der Waals surface area contributed by atoms with Gasteiger partial charge in [0.15, 0.2) is 0 Å². The van der Waals surface area contributed by atoms with Gasteiger partial charge in [-0.25, -0.2) is 0 Å². The van der Waals surface area contributed by atoms with Crippen LogP contribution in [0.2, 0.25) is 0 Å². The van der Waals surface area contributed by atoms with E-state index in [9.17, 15) is 9.59 Å². The quantitative estimate of drug-likeness (QED) is 0.470. The zero-order valence-electron chi connectivity index (χ0n) is 15.3. The van der Waals surface area contributed by atoms with Crippen LogP contribution in [0.4, 0.5) is 0 Å². The molecule has 2 atom stereocenters. The van der Waals surface area contributed by atoms with Gasteiger partial charge in [0.2, 0.25) is 0 Å². The fourth-order valence-corrected chi connectivity index (χ4v) is 3.25. The number of carboxylic acid groups (broad SMARTS) is 2. The van der Waals surface area contributed by atoms with E-state index in [4.69, 9.17) is 15.9 Å². The Kier molecular flexibility index (Phi) is 6.08. The van der Waals surface area contributed by atoms with Gasteiger partial charge in [0, 0.05) is 30.1 Å². The minimum Gasteiger partial charge on any atom is -0.480 e. The van der Waals surface area contributed by atoms with Crippen molar-refractivity contribution in [2.45, 2.75) is 31.5 Å². The van der Waals surface area contributed by atoms with Gasteiger partial charge in [0.05, 0.1) is 0 Å². The highest BCUT2D eigenvalue weighted by molar-refractivity contribution is 5.84. The Hall–Kier alpha value is -3.16. The number of carbonyl (C=O) groups is 2. The zero-order valence-corrected chi connectivity index (χ0v) is 15.3. The molecule has 0 saturated carbocycles. The number of benzene rings is 2. The van der Waals surface area contributed by atoms with Gasteiger partial charge < -0.3 is 26.2 Å². The summed E-state index contributed by atoms with van der Waals surface area (Å²) in [5, 5.41) is 21.5. The molecule has 28 heavy (non-hydrogen) atoms. The van der Waals surface area contributed by atoms with Crippen molar-refractivity contribution < 1.29 is 19.8 Å². The van der Waals surface area contributed by atoms with E-state index in [1.165, 1.54) is 5.56 Å². The Bertz CT molecular complexity index is 982. The maximum atomic E-state index is 10.7. The fourth-order valence-electron chi connectivity index (χ4n) is 3.25. The monoisotopic (exact) mass is 381 g/mol. The van der Waals surface area contributed by atoms with E-state index in [-0.39, 0.29) is 0 Å². The average molecular weight is 381 g/mol. The van der Waals surface area contributed by atoms with Crippen LogP contribution in [0, 0.1) is 0 Å². The van der Waals surface area contributed by atoms with Crippen LogP contribution in [0.15, 0.2) is 54.7 Å². The molecule has 0 spiro atoms. The third kappa shape index (κ3) is 4.57. The number of aromatic nitrogens is 1. The Morgan fingerprint density at radius 2 is 1.75 bits per heavy atom. The van der Waals surface area contributed by atoms with Gasteiger partial charge in [-0.05, 0) is 29.2 Å². The Balaban J connectivity index is 0.000000162. The molecule has 2 unspecified atom stereocenters. The van der Waals surface area contributed by atoms with Crippen LogP contribution in [0.25, 0.3) is 10.9 Å². The summed E-state index contributed by atoms with van der Waals surface area (Å²) < 4.78 is 0. The summed E-state index contributed by atoms with van der Waals surface area (Å²) in [7, 11) is 0. The summed E-state index contributed by atoms with van der Waals surface area (Å²) >= 11 is 0. The van der Waals surface area contributed by atoms with E-state index >= 15 is 0 Å². The molecule has 6 N–H and O–H groups in total. The molecule has 0 saturated heterocycles. The highest BCUT2D eigenvalue weighted by Gasteiger charge is 2.22. The predicted molar refractivity (Wildman–Crippen MR) is 106 cm³/mol. The zero-order chi connectivity index (χ0) is 20.1. The molecule has 0 bridgehead atoms. The highest BCUT2D eigenvalue weighted by Crippen LogP contribution is 2.18. The number of nitrogens with two attached hydrogens (primary N) is 1. The normalized spacial score (nSPS) is 16.5. The third-order valence-corrected chi connectivity index (χ3v) is 4.81. The third-order valence-electron chi connectivity index (χ3n) is 4.81. The topological polar surface area (TPSA) is 128 Å². The fraction of sp³-hybridized carbons (Fsp3) is 0.238. The van der Waals surface area contributed by atoms with Crippen LogP contribution >= 0.6 is 0 Å². The smallest absolute Gasteiger partial charge is 0.321 e. The van der Waals surface area contributed by atoms with Crippen LogP contribution in [0.1, 0.15) is 16.7 Å². The van der Waals surface area contributed by atoms with Crippen LogP contribution in [-0.4, -0.2) is 39.2 Å². The Morgan fingerprint density at radius 1 is 1.07 bits per heavy atom. The molecule has 0 amide bonds. The van der Waals surface area contributed by atoms with Crippen molar-refractivity contribution in [1.82, 2.24) is 10.3 Å². The number of aliphatic carboxylic acids is 2. The van der Waals surface area contributed by atoms with E-state index in [2.05, 4.69) is 10.3 Å². The molecule has 2 aromatic carbocycles. The molecule has 3 aromatic rings. The Labute approximate surface area is 162 Å².